The van der Waals surface area contributed by atoms with Gasteiger partial charge >= 0.3 is 0 Å². The Kier molecular flexibility index (Phi) is 6.15. The molecule has 1 N–H and O–H groups in total. The Morgan fingerprint density at radius 2 is 2.03 bits per heavy atom. The smallest absolute Gasteiger partial charge is 0.170 e. The van der Waals surface area contributed by atoms with E-state index in [1.807, 2.05) is 29.8 Å². The van der Waals surface area contributed by atoms with Crippen LogP contribution >= 0.6 is 11.6 Å². The van der Waals surface area contributed by atoms with Gasteiger partial charge in [0.2, 0.25) is 0 Å². The molecule has 0 saturated carbocycles. The molecule has 1 aromatic carbocycles. The highest BCUT2D eigenvalue weighted by atomic mass is 35.5. The van der Waals surface area contributed by atoms with Crippen molar-refractivity contribution in [3.63, 3.8) is 0 Å². The van der Waals surface area contributed by atoms with Crippen molar-refractivity contribution in [3.8, 4) is 11.6 Å². The molecule has 0 bridgehead atoms. The van der Waals surface area contributed by atoms with Gasteiger partial charge in [-0.2, -0.15) is 5.10 Å². The van der Waals surface area contributed by atoms with Gasteiger partial charge in [0, 0.05) is 36.3 Å². The van der Waals surface area contributed by atoms with Gasteiger partial charge in [0.15, 0.2) is 17.3 Å². The molecule has 35 heavy (non-hydrogen) atoms. The molecular formula is C23H22ClN9O2. The molecule has 5 aromatic rings. The third-order valence-electron chi connectivity index (χ3n) is 5.50. The molecule has 11 nitrogen and oxygen atoms in total. The highest BCUT2D eigenvalue weighted by Crippen LogP contribution is 2.32. The molecule has 12 heteroatoms. The quantitative estimate of drug-likeness (QED) is 0.257. The van der Waals surface area contributed by atoms with Gasteiger partial charge in [-0.3, -0.25) is 4.57 Å². The molecule has 5 rings (SSSR count). The van der Waals surface area contributed by atoms with E-state index in [0.29, 0.717) is 41.2 Å². The van der Waals surface area contributed by atoms with Crippen LogP contribution in [0.5, 0.6) is 5.75 Å². The summed E-state index contributed by atoms with van der Waals surface area (Å²) in [6.07, 6.45) is 8.54. The number of halogens is 1. The zero-order valence-corrected chi connectivity index (χ0v) is 20.1. The van der Waals surface area contributed by atoms with Crippen LogP contribution in [0.25, 0.3) is 27.6 Å². The lowest BCUT2D eigenvalue weighted by atomic mass is 10.1. The van der Waals surface area contributed by atoms with E-state index in [0.717, 1.165) is 27.4 Å². The van der Waals surface area contributed by atoms with Gasteiger partial charge in [-0.25, -0.2) is 14.6 Å². The lowest BCUT2D eigenvalue weighted by molar-refractivity contribution is 0.215. The van der Waals surface area contributed by atoms with Gasteiger partial charge in [-0.15, -0.1) is 10.2 Å². The SMILES string of the molecule is CCn1ncc2c3c(NCc4ccc(OC)c(Cl)c4)nnc(-n4cnc(C=NOC)c4)c3cnc21. The summed E-state index contributed by atoms with van der Waals surface area (Å²) < 4.78 is 8.87. The van der Waals surface area contributed by atoms with Crippen molar-refractivity contribution in [3.05, 3.63) is 59.4 Å². The second kappa shape index (κ2) is 9.55. The number of aryl methyl sites for hydroxylation is 1. The number of ether oxygens (including phenoxy) is 1. The number of benzene rings is 1. The Hall–Kier alpha value is -4.25. The molecule has 0 amide bonds. The first-order chi connectivity index (χ1) is 17.1. The van der Waals surface area contributed by atoms with Crippen LogP contribution in [0.4, 0.5) is 5.82 Å². The first-order valence-electron chi connectivity index (χ1n) is 10.8. The number of methoxy groups -OCH3 is 1. The average molecular weight is 492 g/mol. The summed E-state index contributed by atoms with van der Waals surface area (Å²) in [5.74, 6) is 1.82. The monoisotopic (exact) mass is 491 g/mol. The maximum Gasteiger partial charge on any atom is 0.170 e. The topological polar surface area (TPSA) is 117 Å². The van der Waals surface area contributed by atoms with Crippen molar-refractivity contribution < 1.29 is 9.57 Å². The Labute approximate surface area is 205 Å². The van der Waals surface area contributed by atoms with Crippen LogP contribution in [-0.2, 0) is 17.9 Å². The third-order valence-corrected chi connectivity index (χ3v) is 5.80. The minimum absolute atomic E-state index is 0.487. The summed E-state index contributed by atoms with van der Waals surface area (Å²) >= 11 is 6.30. The van der Waals surface area contributed by atoms with Crippen molar-refractivity contribution in [1.82, 2.24) is 34.5 Å². The fourth-order valence-corrected chi connectivity index (χ4v) is 4.11. The number of pyridine rings is 1. The Balaban J connectivity index is 1.60. The standard InChI is InChI=1S/C23H22ClN9O2/c1-4-33-22-17(11-28-33)20-16(10-26-22)23(32-12-15(27-13-32)9-29-35-3)31-30-21(20)25-8-14-5-6-19(34-2)18(24)7-14/h5-7,9-13H,4,8H2,1-3H3,(H,25,30). The minimum atomic E-state index is 0.487. The molecule has 178 valence electrons. The van der Waals surface area contributed by atoms with Crippen LogP contribution in [0.2, 0.25) is 5.02 Å². The second-order valence-corrected chi connectivity index (χ2v) is 7.97. The molecule has 0 fully saturated rings. The highest BCUT2D eigenvalue weighted by molar-refractivity contribution is 6.32. The second-order valence-electron chi connectivity index (χ2n) is 7.56. The molecule has 0 atom stereocenters. The van der Waals surface area contributed by atoms with Crippen LogP contribution in [0.15, 0.2) is 48.3 Å². The molecule has 4 aromatic heterocycles. The number of imidazole rings is 1. The molecule has 0 saturated heterocycles. The predicted octanol–water partition coefficient (Wildman–Crippen LogP) is 3.83. The first-order valence-corrected chi connectivity index (χ1v) is 11.2. The molecule has 0 spiro atoms. The molecule has 4 heterocycles. The molecule has 0 aliphatic carbocycles. The normalized spacial score (nSPS) is 11.5. The van der Waals surface area contributed by atoms with Crippen molar-refractivity contribution in [2.75, 3.05) is 19.5 Å². The van der Waals surface area contributed by atoms with E-state index in [9.17, 15) is 0 Å². The maximum atomic E-state index is 6.30. The summed E-state index contributed by atoms with van der Waals surface area (Å²) in [6.45, 7) is 3.21. The molecule has 0 radical (unpaired) electrons. The van der Waals surface area contributed by atoms with Crippen molar-refractivity contribution in [2.24, 2.45) is 5.16 Å². The number of nitrogens with one attached hydrogen (secondary N) is 1. The number of oxime groups is 1. The fourth-order valence-electron chi connectivity index (χ4n) is 3.83. The van der Waals surface area contributed by atoms with E-state index in [4.69, 9.17) is 21.2 Å². The van der Waals surface area contributed by atoms with E-state index < -0.39 is 0 Å². The highest BCUT2D eigenvalue weighted by Gasteiger charge is 2.17. The van der Waals surface area contributed by atoms with E-state index >= 15 is 0 Å². The van der Waals surface area contributed by atoms with Crippen LogP contribution in [0.1, 0.15) is 18.2 Å². The molecular weight excluding hydrogens is 470 g/mol. The number of hydrogen-bond donors (Lipinski definition) is 1. The summed E-state index contributed by atoms with van der Waals surface area (Å²) in [7, 11) is 3.07. The number of rotatable bonds is 8. The lowest BCUT2D eigenvalue weighted by Crippen LogP contribution is -2.07. The van der Waals surface area contributed by atoms with Gasteiger partial charge < -0.3 is 14.9 Å². The maximum absolute atomic E-state index is 6.30. The van der Waals surface area contributed by atoms with E-state index in [1.54, 1.807) is 36.6 Å². The van der Waals surface area contributed by atoms with Gasteiger partial charge in [0.25, 0.3) is 0 Å². The summed E-state index contributed by atoms with van der Waals surface area (Å²) in [6, 6.07) is 5.64. The molecule has 0 aliphatic rings. The van der Waals surface area contributed by atoms with Crippen LogP contribution in [-0.4, -0.2) is 54.9 Å². The van der Waals surface area contributed by atoms with Crippen molar-refractivity contribution in [1.29, 1.82) is 0 Å². The summed E-state index contributed by atoms with van der Waals surface area (Å²) in [4.78, 5) is 13.7. The number of aromatic nitrogens is 7. The third kappa shape index (κ3) is 4.21. The van der Waals surface area contributed by atoms with Gasteiger partial charge in [0.05, 0.1) is 29.9 Å². The Morgan fingerprint density at radius 1 is 1.14 bits per heavy atom. The van der Waals surface area contributed by atoms with Gasteiger partial charge in [-0.05, 0) is 24.6 Å². The minimum Gasteiger partial charge on any atom is -0.495 e. The van der Waals surface area contributed by atoms with E-state index in [1.165, 1.54) is 13.3 Å². The largest absolute Gasteiger partial charge is 0.495 e. The number of fused-ring (bicyclic) bond motifs is 3. The zero-order valence-electron chi connectivity index (χ0n) is 19.3. The van der Waals surface area contributed by atoms with Crippen LogP contribution in [0.3, 0.4) is 0 Å². The van der Waals surface area contributed by atoms with Gasteiger partial charge in [0.1, 0.15) is 24.9 Å². The van der Waals surface area contributed by atoms with E-state index in [2.05, 4.69) is 35.7 Å². The van der Waals surface area contributed by atoms with Gasteiger partial charge in [-0.1, -0.05) is 22.8 Å². The van der Waals surface area contributed by atoms with Crippen molar-refractivity contribution >= 4 is 45.4 Å². The summed E-state index contributed by atoms with van der Waals surface area (Å²) in [5.41, 5.74) is 2.36. The van der Waals surface area contributed by atoms with Crippen molar-refractivity contribution in [2.45, 2.75) is 20.0 Å². The summed E-state index contributed by atoms with van der Waals surface area (Å²) in [5, 5.41) is 23.7. The number of anilines is 1. The van der Waals surface area contributed by atoms with Crippen LogP contribution in [0, 0.1) is 0 Å². The molecule has 0 unspecified atom stereocenters. The predicted molar refractivity (Wildman–Crippen MR) is 133 cm³/mol. The van der Waals surface area contributed by atoms with Crippen LogP contribution < -0.4 is 10.1 Å². The lowest BCUT2D eigenvalue weighted by Gasteiger charge is -2.13. The average Bonchev–Trinajstić information content (AvgIpc) is 3.53. The zero-order chi connectivity index (χ0) is 24.4. The Bertz CT molecular complexity index is 1540. The number of hydrogen-bond acceptors (Lipinski definition) is 9. The first kappa shape index (κ1) is 22.5. The fraction of sp³-hybridized carbons (Fsp3) is 0.217. The number of nitrogens with zero attached hydrogens (tertiary/aromatic N) is 8. The molecule has 0 aliphatic heterocycles. The Morgan fingerprint density at radius 3 is 2.80 bits per heavy atom. The van der Waals surface area contributed by atoms with E-state index in [-0.39, 0.29) is 0 Å².